The number of halogens is 2. The van der Waals surface area contributed by atoms with Crippen molar-refractivity contribution < 1.29 is 13.9 Å². The largest absolute Gasteiger partial charge is 0.396 e. The quantitative estimate of drug-likeness (QED) is 0.766. The third-order valence-corrected chi connectivity index (χ3v) is 2.83. The molecule has 1 aromatic carbocycles. The molecule has 0 amide bonds. The normalized spacial score (nSPS) is 10.5. The van der Waals surface area contributed by atoms with Gasteiger partial charge in [0.05, 0.1) is 0 Å². The zero-order chi connectivity index (χ0) is 10.4. The first kappa shape index (κ1) is 11.5. The van der Waals surface area contributed by atoms with Crippen LogP contribution in [0.25, 0.3) is 0 Å². The SMILES string of the molecule is OCCCSCc1cccc(F)c1F. The average molecular weight is 218 g/mol. The highest BCUT2D eigenvalue weighted by molar-refractivity contribution is 7.98. The Morgan fingerprint density at radius 1 is 1.29 bits per heavy atom. The Morgan fingerprint density at radius 2 is 2.07 bits per heavy atom. The lowest BCUT2D eigenvalue weighted by molar-refractivity contribution is 0.296. The Bertz CT molecular complexity index is 291. The van der Waals surface area contributed by atoms with Crippen molar-refractivity contribution in [1.82, 2.24) is 0 Å². The molecule has 1 rings (SSSR count). The van der Waals surface area contributed by atoms with Gasteiger partial charge < -0.3 is 5.11 Å². The van der Waals surface area contributed by atoms with Crippen LogP contribution >= 0.6 is 11.8 Å². The number of hydrogen-bond acceptors (Lipinski definition) is 2. The molecule has 1 N–H and O–H groups in total. The summed E-state index contributed by atoms with van der Waals surface area (Å²) in [5, 5.41) is 8.51. The molecule has 0 aliphatic carbocycles. The number of aliphatic hydroxyl groups excluding tert-OH is 1. The Balaban J connectivity index is 2.46. The van der Waals surface area contributed by atoms with Crippen molar-refractivity contribution in [2.45, 2.75) is 12.2 Å². The van der Waals surface area contributed by atoms with Gasteiger partial charge in [-0.3, -0.25) is 0 Å². The van der Waals surface area contributed by atoms with Crippen LogP contribution in [0.1, 0.15) is 12.0 Å². The van der Waals surface area contributed by atoms with Gasteiger partial charge in [0.15, 0.2) is 11.6 Å². The first-order chi connectivity index (χ1) is 6.75. The second-order valence-electron chi connectivity index (χ2n) is 2.84. The zero-order valence-electron chi connectivity index (χ0n) is 7.67. The van der Waals surface area contributed by atoms with Crippen LogP contribution in [0, 0.1) is 11.6 Å². The number of hydrogen-bond donors (Lipinski definition) is 1. The fraction of sp³-hybridized carbons (Fsp3) is 0.400. The summed E-state index contributed by atoms with van der Waals surface area (Å²) in [5.41, 5.74) is 0.382. The summed E-state index contributed by atoms with van der Waals surface area (Å²) in [6.45, 7) is 0.138. The third kappa shape index (κ3) is 3.27. The van der Waals surface area contributed by atoms with E-state index in [1.54, 1.807) is 6.07 Å². The summed E-state index contributed by atoms with van der Waals surface area (Å²) in [6.07, 6.45) is 0.682. The maximum atomic E-state index is 13.1. The minimum Gasteiger partial charge on any atom is -0.396 e. The van der Waals surface area contributed by atoms with Gasteiger partial charge in [-0.05, 0) is 18.2 Å². The molecule has 0 atom stereocenters. The number of thioether (sulfide) groups is 1. The maximum Gasteiger partial charge on any atom is 0.162 e. The van der Waals surface area contributed by atoms with Crippen molar-refractivity contribution in [2.24, 2.45) is 0 Å². The molecule has 0 radical (unpaired) electrons. The number of aliphatic hydroxyl groups is 1. The van der Waals surface area contributed by atoms with Gasteiger partial charge >= 0.3 is 0 Å². The van der Waals surface area contributed by atoms with Crippen molar-refractivity contribution in [2.75, 3.05) is 12.4 Å². The number of rotatable bonds is 5. The van der Waals surface area contributed by atoms with E-state index in [0.29, 0.717) is 17.7 Å². The van der Waals surface area contributed by atoms with E-state index in [1.165, 1.54) is 17.8 Å². The van der Waals surface area contributed by atoms with E-state index in [2.05, 4.69) is 0 Å². The second-order valence-corrected chi connectivity index (χ2v) is 3.95. The number of benzene rings is 1. The van der Waals surface area contributed by atoms with Gasteiger partial charge in [-0.1, -0.05) is 12.1 Å². The highest BCUT2D eigenvalue weighted by Crippen LogP contribution is 2.18. The highest BCUT2D eigenvalue weighted by atomic mass is 32.2. The Morgan fingerprint density at radius 3 is 2.79 bits per heavy atom. The second kappa shape index (κ2) is 5.98. The lowest BCUT2D eigenvalue weighted by Crippen LogP contribution is -1.93. The first-order valence-corrected chi connectivity index (χ1v) is 5.52. The van der Waals surface area contributed by atoms with Gasteiger partial charge in [0.25, 0.3) is 0 Å². The summed E-state index contributed by atoms with van der Waals surface area (Å²) in [4.78, 5) is 0. The van der Waals surface area contributed by atoms with E-state index in [4.69, 9.17) is 5.11 Å². The topological polar surface area (TPSA) is 20.2 Å². The molecular formula is C10H12F2OS. The van der Waals surface area contributed by atoms with Gasteiger partial charge in [-0.25, -0.2) is 8.78 Å². The van der Waals surface area contributed by atoms with Crippen LogP contribution in [0.15, 0.2) is 18.2 Å². The molecule has 0 unspecified atom stereocenters. The van der Waals surface area contributed by atoms with E-state index < -0.39 is 11.6 Å². The minimum absolute atomic E-state index is 0.138. The summed E-state index contributed by atoms with van der Waals surface area (Å²) < 4.78 is 25.8. The van der Waals surface area contributed by atoms with Crippen LogP contribution in [0.3, 0.4) is 0 Å². The lowest BCUT2D eigenvalue weighted by atomic mass is 10.2. The maximum absolute atomic E-state index is 13.1. The monoisotopic (exact) mass is 218 g/mol. The summed E-state index contributed by atoms with van der Waals surface area (Å²) >= 11 is 1.49. The smallest absolute Gasteiger partial charge is 0.162 e. The molecule has 0 saturated heterocycles. The molecule has 0 aromatic heterocycles. The molecule has 0 aliphatic rings. The van der Waals surface area contributed by atoms with Crippen molar-refractivity contribution in [3.8, 4) is 0 Å². The van der Waals surface area contributed by atoms with Gasteiger partial charge in [0, 0.05) is 17.9 Å². The Hall–Kier alpha value is -0.610. The minimum atomic E-state index is -0.801. The predicted molar refractivity (Wildman–Crippen MR) is 54.2 cm³/mol. The van der Waals surface area contributed by atoms with Crippen LogP contribution in [-0.2, 0) is 5.75 Å². The summed E-state index contributed by atoms with van der Waals surface area (Å²) in [6, 6.07) is 4.18. The van der Waals surface area contributed by atoms with Crippen LogP contribution < -0.4 is 0 Å². The average Bonchev–Trinajstić information content (AvgIpc) is 2.19. The molecule has 0 saturated carbocycles. The first-order valence-electron chi connectivity index (χ1n) is 4.37. The van der Waals surface area contributed by atoms with Crippen LogP contribution in [0.4, 0.5) is 8.78 Å². The summed E-state index contributed by atoms with van der Waals surface area (Å²) in [7, 11) is 0. The van der Waals surface area contributed by atoms with E-state index >= 15 is 0 Å². The van der Waals surface area contributed by atoms with Crippen LogP contribution in [0.5, 0.6) is 0 Å². The molecule has 1 nitrogen and oxygen atoms in total. The lowest BCUT2D eigenvalue weighted by Gasteiger charge is -2.02. The zero-order valence-corrected chi connectivity index (χ0v) is 8.49. The van der Waals surface area contributed by atoms with Crippen molar-refractivity contribution in [3.63, 3.8) is 0 Å². The molecular weight excluding hydrogens is 206 g/mol. The molecule has 0 heterocycles. The standard InChI is InChI=1S/C10H12F2OS/c11-9-4-1-3-8(10(9)12)7-14-6-2-5-13/h1,3-4,13H,2,5-7H2. The van der Waals surface area contributed by atoms with Crippen molar-refractivity contribution >= 4 is 11.8 Å². The predicted octanol–water partition coefficient (Wildman–Crippen LogP) is 2.58. The molecule has 0 bridgehead atoms. The van der Waals surface area contributed by atoms with Gasteiger partial charge in [-0.15, -0.1) is 0 Å². The van der Waals surface area contributed by atoms with E-state index in [0.717, 1.165) is 11.8 Å². The molecule has 14 heavy (non-hydrogen) atoms. The van der Waals surface area contributed by atoms with Crippen LogP contribution in [0.2, 0.25) is 0 Å². The molecule has 1 aromatic rings. The summed E-state index contributed by atoms with van der Waals surface area (Å²) in [5.74, 6) is -0.356. The molecule has 0 spiro atoms. The molecule has 0 fully saturated rings. The fourth-order valence-electron chi connectivity index (χ4n) is 1.01. The van der Waals surface area contributed by atoms with E-state index in [9.17, 15) is 8.78 Å². The fourth-order valence-corrected chi connectivity index (χ4v) is 1.93. The van der Waals surface area contributed by atoms with Crippen LogP contribution in [-0.4, -0.2) is 17.5 Å². The van der Waals surface area contributed by atoms with Crippen molar-refractivity contribution in [3.05, 3.63) is 35.4 Å². The van der Waals surface area contributed by atoms with Crippen molar-refractivity contribution in [1.29, 1.82) is 0 Å². The third-order valence-electron chi connectivity index (χ3n) is 1.74. The van der Waals surface area contributed by atoms with E-state index in [1.807, 2.05) is 0 Å². The van der Waals surface area contributed by atoms with Gasteiger partial charge in [-0.2, -0.15) is 11.8 Å². The molecule has 78 valence electrons. The molecule has 0 aliphatic heterocycles. The molecule has 4 heteroatoms. The Kier molecular flexibility index (Phi) is 4.90. The van der Waals surface area contributed by atoms with Gasteiger partial charge in [0.1, 0.15) is 0 Å². The van der Waals surface area contributed by atoms with Gasteiger partial charge in [0.2, 0.25) is 0 Å². The van der Waals surface area contributed by atoms with E-state index in [-0.39, 0.29) is 6.61 Å². The Labute approximate surface area is 86.1 Å². The highest BCUT2D eigenvalue weighted by Gasteiger charge is 2.06.